The maximum absolute atomic E-state index is 13.1. The maximum atomic E-state index is 13.1. The molecule has 28 heavy (non-hydrogen) atoms. The SMILES string of the molecule is CCCc1c(O)nc(SCC[NH+](CC)CC)n(C(=O)c2ccccc2Cl)c1=O. The molecule has 0 amide bonds. The summed E-state index contributed by atoms with van der Waals surface area (Å²) in [4.78, 5) is 31.7. The summed E-state index contributed by atoms with van der Waals surface area (Å²) in [6, 6.07) is 6.61. The molecule has 0 saturated carbocycles. The lowest BCUT2D eigenvalue weighted by atomic mass is 10.1. The van der Waals surface area contributed by atoms with Crippen LogP contribution < -0.4 is 10.5 Å². The standard InChI is InChI=1S/C20H26ClN3O3S/c1-4-9-15-17(25)22-20(28-13-12-23(5-2)6-3)24(19(15)27)18(26)14-10-7-8-11-16(14)21/h7-8,10-11,25H,4-6,9,12-13H2,1-3H3/p+1. The van der Waals surface area contributed by atoms with Crippen LogP contribution in [0.15, 0.2) is 34.2 Å². The predicted octanol–water partition coefficient (Wildman–Crippen LogP) is 2.26. The Kier molecular flexibility index (Phi) is 8.54. The lowest BCUT2D eigenvalue weighted by molar-refractivity contribution is -0.893. The lowest BCUT2D eigenvalue weighted by Crippen LogP contribution is -3.11. The van der Waals surface area contributed by atoms with Crippen molar-refractivity contribution in [2.24, 2.45) is 0 Å². The number of rotatable bonds is 9. The highest BCUT2D eigenvalue weighted by Crippen LogP contribution is 2.23. The molecule has 0 aliphatic carbocycles. The van der Waals surface area contributed by atoms with E-state index in [0.717, 1.165) is 24.2 Å². The molecule has 0 bridgehead atoms. The minimum atomic E-state index is -0.531. The second kappa shape index (κ2) is 10.6. The van der Waals surface area contributed by atoms with Crippen molar-refractivity contribution in [1.29, 1.82) is 0 Å². The number of benzene rings is 1. The zero-order valence-electron chi connectivity index (χ0n) is 16.5. The fraction of sp³-hybridized carbons (Fsp3) is 0.450. The minimum absolute atomic E-state index is 0.154. The van der Waals surface area contributed by atoms with Crippen LogP contribution in [0, 0.1) is 0 Å². The third-order valence-corrected chi connectivity index (χ3v) is 5.89. The summed E-state index contributed by atoms with van der Waals surface area (Å²) in [5, 5.41) is 10.7. The molecule has 6 nitrogen and oxygen atoms in total. The van der Waals surface area contributed by atoms with E-state index in [-0.39, 0.29) is 27.2 Å². The van der Waals surface area contributed by atoms with Gasteiger partial charge in [0.15, 0.2) is 5.16 Å². The van der Waals surface area contributed by atoms with Gasteiger partial charge in [-0.1, -0.05) is 48.8 Å². The van der Waals surface area contributed by atoms with Gasteiger partial charge in [-0.3, -0.25) is 9.59 Å². The van der Waals surface area contributed by atoms with Crippen LogP contribution in [0.3, 0.4) is 0 Å². The Labute approximate surface area is 174 Å². The van der Waals surface area contributed by atoms with E-state index in [1.165, 1.54) is 16.7 Å². The number of nitrogens with one attached hydrogen (secondary N) is 1. The van der Waals surface area contributed by atoms with Gasteiger partial charge in [-0.2, -0.15) is 4.98 Å². The third-order valence-electron chi connectivity index (χ3n) is 4.62. The highest BCUT2D eigenvalue weighted by Gasteiger charge is 2.23. The second-order valence-corrected chi connectivity index (χ2v) is 7.90. The summed E-state index contributed by atoms with van der Waals surface area (Å²) in [5.41, 5.74) is -0.143. The van der Waals surface area contributed by atoms with E-state index in [2.05, 4.69) is 18.8 Å². The van der Waals surface area contributed by atoms with E-state index in [1.807, 2.05) is 6.92 Å². The van der Waals surface area contributed by atoms with Crippen molar-refractivity contribution in [3.05, 3.63) is 50.8 Å². The summed E-state index contributed by atoms with van der Waals surface area (Å²) >= 11 is 7.47. The number of aromatic nitrogens is 2. The van der Waals surface area contributed by atoms with Gasteiger partial charge in [0.25, 0.3) is 11.5 Å². The number of carbonyl (C=O) groups is 1. The van der Waals surface area contributed by atoms with Crippen molar-refractivity contribution in [2.75, 3.05) is 25.4 Å². The molecule has 8 heteroatoms. The largest absolute Gasteiger partial charge is 0.493 e. The molecule has 1 heterocycles. The summed E-state index contributed by atoms with van der Waals surface area (Å²) < 4.78 is 1.05. The summed E-state index contributed by atoms with van der Waals surface area (Å²) in [7, 11) is 0. The van der Waals surface area contributed by atoms with E-state index >= 15 is 0 Å². The summed E-state index contributed by atoms with van der Waals surface area (Å²) in [6.45, 7) is 8.99. The first-order valence-corrected chi connectivity index (χ1v) is 10.9. The van der Waals surface area contributed by atoms with E-state index in [0.29, 0.717) is 18.6 Å². The Hall–Kier alpha value is -1.83. The van der Waals surface area contributed by atoms with Crippen LogP contribution in [0.25, 0.3) is 0 Å². The van der Waals surface area contributed by atoms with E-state index < -0.39 is 11.5 Å². The lowest BCUT2D eigenvalue weighted by Gasteiger charge is -2.16. The molecular weight excluding hydrogens is 398 g/mol. The topological polar surface area (TPSA) is 76.6 Å². The number of carbonyl (C=O) groups excluding carboxylic acids is 1. The average Bonchev–Trinajstić information content (AvgIpc) is 2.68. The summed E-state index contributed by atoms with van der Waals surface area (Å²) in [6.07, 6.45) is 1.00. The Morgan fingerprint density at radius 3 is 2.54 bits per heavy atom. The maximum Gasteiger partial charge on any atom is 0.268 e. The molecule has 0 fully saturated rings. The average molecular weight is 425 g/mol. The zero-order valence-corrected chi connectivity index (χ0v) is 18.1. The van der Waals surface area contributed by atoms with Gasteiger partial charge in [0.1, 0.15) is 0 Å². The van der Waals surface area contributed by atoms with Gasteiger partial charge in [-0.25, -0.2) is 4.57 Å². The van der Waals surface area contributed by atoms with Crippen molar-refractivity contribution >= 4 is 29.3 Å². The van der Waals surface area contributed by atoms with Crippen molar-refractivity contribution in [2.45, 2.75) is 38.8 Å². The molecule has 0 saturated heterocycles. The van der Waals surface area contributed by atoms with Gasteiger partial charge < -0.3 is 10.0 Å². The first-order valence-electron chi connectivity index (χ1n) is 9.54. The number of aromatic hydroxyl groups is 1. The number of thioether (sulfide) groups is 1. The van der Waals surface area contributed by atoms with Crippen molar-refractivity contribution < 1.29 is 14.8 Å². The van der Waals surface area contributed by atoms with Gasteiger partial charge in [-0.05, 0) is 32.4 Å². The summed E-state index contributed by atoms with van der Waals surface area (Å²) in [5.74, 6) is -0.155. The minimum Gasteiger partial charge on any atom is -0.493 e. The Bertz CT molecular complexity index is 881. The number of hydrogen-bond acceptors (Lipinski definition) is 5. The second-order valence-electron chi connectivity index (χ2n) is 6.43. The van der Waals surface area contributed by atoms with Gasteiger partial charge in [0.2, 0.25) is 5.88 Å². The molecule has 1 aromatic carbocycles. The van der Waals surface area contributed by atoms with Crippen LogP contribution in [0.5, 0.6) is 5.88 Å². The van der Waals surface area contributed by atoms with Crippen LogP contribution in [0.2, 0.25) is 5.02 Å². The molecule has 0 atom stereocenters. The Morgan fingerprint density at radius 2 is 1.93 bits per heavy atom. The number of halogens is 1. The highest BCUT2D eigenvalue weighted by atomic mass is 35.5. The molecule has 0 aliphatic heterocycles. The van der Waals surface area contributed by atoms with Gasteiger partial charge in [-0.15, -0.1) is 0 Å². The molecule has 2 aromatic rings. The van der Waals surface area contributed by atoms with Crippen molar-refractivity contribution in [3.8, 4) is 5.88 Å². The zero-order chi connectivity index (χ0) is 20.7. The fourth-order valence-corrected chi connectivity index (χ4v) is 4.15. The Morgan fingerprint density at radius 1 is 1.25 bits per heavy atom. The fourth-order valence-electron chi connectivity index (χ4n) is 2.92. The predicted molar refractivity (Wildman–Crippen MR) is 113 cm³/mol. The van der Waals surface area contributed by atoms with E-state index in [9.17, 15) is 14.7 Å². The quantitative estimate of drug-likeness (QED) is 0.477. The molecule has 2 rings (SSSR count). The number of hydrogen-bond donors (Lipinski definition) is 2. The molecule has 1 aromatic heterocycles. The molecule has 0 spiro atoms. The Balaban J connectivity index is 2.47. The van der Waals surface area contributed by atoms with Crippen LogP contribution >= 0.6 is 23.4 Å². The number of quaternary nitrogens is 1. The number of nitrogens with zero attached hydrogens (tertiary/aromatic N) is 2. The van der Waals surface area contributed by atoms with E-state index in [1.54, 1.807) is 24.3 Å². The smallest absolute Gasteiger partial charge is 0.268 e. The first kappa shape index (κ1) is 22.5. The molecule has 0 unspecified atom stereocenters. The molecule has 2 N–H and O–H groups in total. The molecule has 0 radical (unpaired) electrons. The highest BCUT2D eigenvalue weighted by molar-refractivity contribution is 7.99. The third kappa shape index (κ3) is 5.16. The van der Waals surface area contributed by atoms with Crippen LogP contribution in [-0.4, -0.2) is 46.0 Å². The van der Waals surface area contributed by atoms with Crippen LogP contribution in [0.1, 0.15) is 43.1 Å². The van der Waals surface area contributed by atoms with Crippen LogP contribution in [-0.2, 0) is 6.42 Å². The van der Waals surface area contributed by atoms with Gasteiger partial charge >= 0.3 is 0 Å². The molecular formula is C20H27ClN3O3S+. The van der Waals surface area contributed by atoms with Gasteiger partial charge in [0.05, 0.1) is 41.5 Å². The van der Waals surface area contributed by atoms with E-state index in [4.69, 9.17) is 11.6 Å². The molecule has 0 aliphatic rings. The van der Waals surface area contributed by atoms with Crippen molar-refractivity contribution in [3.63, 3.8) is 0 Å². The van der Waals surface area contributed by atoms with Crippen LogP contribution in [0.4, 0.5) is 0 Å². The monoisotopic (exact) mass is 424 g/mol. The molecule has 152 valence electrons. The first-order chi connectivity index (χ1) is 13.4. The normalized spacial score (nSPS) is 11.2. The van der Waals surface area contributed by atoms with Crippen molar-refractivity contribution in [1.82, 2.24) is 9.55 Å². The van der Waals surface area contributed by atoms with Gasteiger partial charge in [0, 0.05) is 0 Å².